The molecule has 1 aliphatic heterocycles. The van der Waals surface area contributed by atoms with Gasteiger partial charge >= 0.3 is 0 Å². The fraction of sp³-hybridized carbons (Fsp3) is 0.267. The molecule has 1 aliphatic rings. The molecule has 3 aromatic carbocycles. The minimum absolute atomic E-state index is 0.0575. The number of hydrogen-bond donors (Lipinski definition) is 0. The molecule has 5 rings (SSSR count). The molecule has 2 amide bonds. The molecule has 1 saturated heterocycles. The SMILES string of the molecule is O=C(CN(CC1CCCO1)C(=O)c1ccc2ccccc2c1)N(Cc1ccc(F)cc1)Cc1cccs1. The zero-order valence-corrected chi connectivity index (χ0v) is 21.3. The summed E-state index contributed by atoms with van der Waals surface area (Å²) in [4.78, 5) is 31.8. The Morgan fingerprint density at radius 1 is 0.919 bits per heavy atom. The Hall–Kier alpha value is -3.55. The minimum Gasteiger partial charge on any atom is -0.376 e. The van der Waals surface area contributed by atoms with Gasteiger partial charge in [-0.15, -0.1) is 11.3 Å². The van der Waals surface area contributed by atoms with Crippen molar-refractivity contribution in [2.75, 3.05) is 19.7 Å². The predicted molar refractivity (Wildman–Crippen MR) is 144 cm³/mol. The van der Waals surface area contributed by atoms with E-state index in [1.54, 1.807) is 33.3 Å². The van der Waals surface area contributed by atoms with Crippen molar-refractivity contribution in [3.8, 4) is 0 Å². The van der Waals surface area contributed by atoms with Crippen LogP contribution >= 0.6 is 11.3 Å². The topological polar surface area (TPSA) is 49.9 Å². The molecular weight excluding hydrogens is 487 g/mol. The number of hydrogen-bond acceptors (Lipinski definition) is 4. The van der Waals surface area contributed by atoms with E-state index in [2.05, 4.69) is 0 Å². The molecule has 0 spiro atoms. The van der Waals surface area contributed by atoms with Crippen LogP contribution in [0.3, 0.4) is 0 Å². The van der Waals surface area contributed by atoms with E-state index in [-0.39, 0.29) is 30.3 Å². The molecule has 1 atom stereocenters. The first-order chi connectivity index (χ1) is 18.0. The van der Waals surface area contributed by atoms with E-state index < -0.39 is 0 Å². The summed E-state index contributed by atoms with van der Waals surface area (Å²) in [6.45, 7) is 1.73. The number of benzene rings is 3. The van der Waals surface area contributed by atoms with Crippen LogP contribution in [0.4, 0.5) is 4.39 Å². The Bertz CT molecular complexity index is 1350. The number of rotatable bonds is 9. The van der Waals surface area contributed by atoms with Crippen LogP contribution in [0.2, 0.25) is 0 Å². The summed E-state index contributed by atoms with van der Waals surface area (Å²) in [5.74, 6) is -0.666. The van der Waals surface area contributed by atoms with E-state index in [1.807, 2.05) is 60.0 Å². The van der Waals surface area contributed by atoms with Crippen LogP contribution in [-0.2, 0) is 22.6 Å². The van der Waals surface area contributed by atoms with E-state index >= 15 is 0 Å². The highest BCUT2D eigenvalue weighted by molar-refractivity contribution is 7.09. The Kier molecular flexibility index (Phi) is 7.92. The molecule has 1 fully saturated rings. The van der Waals surface area contributed by atoms with Gasteiger partial charge in [-0.25, -0.2) is 4.39 Å². The molecular formula is C30H29FN2O3S. The van der Waals surface area contributed by atoms with Crippen LogP contribution in [0.5, 0.6) is 0 Å². The lowest BCUT2D eigenvalue weighted by atomic mass is 10.1. The van der Waals surface area contributed by atoms with Gasteiger partial charge in [-0.2, -0.15) is 0 Å². The first-order valence-electron chi connectivity index (χ1n) is 12.5. The molecule has 7 heteroatoms. The van der Waals surface area contributed by atoms with Crippen LogP contribution in [0.1, 0.15) is 33.6 Å². The van der Waals surface area contributed by atoms with E-state index in [9.17, 15) is 14.0 Å². The zero-order chi connectivity index (χ0) is 25.6. The molecule has 0 bridgehead atoms. The van der Waals surface area contributed by atoms with Gasteiger partial charge in [-0.3, -0.25) is 9.59 Å². The lowest BCUT2D eigenvalue weighted by molar-refractivity contribution is -0.133. The highest BCUT2D eigenvalue weighted by Crippen LogP contribution is 2.21. The molecule has 4 aromatic rings. The smallest absolute Gasteiger partial charge is 0.254 e. The molecule has 190 valence electrons. The Labute approximate surface area is 220 Å². The number of nitrogens with zero attached hydrogens (tertiary/aromatic N) is 2. The van der Waals surface area contributed by atoms with Crippen LogP contribution < -0.4 is 0 Å². The molecule has 37 heavy (non-hydrogen) atoms. The minimum atomic E-state index is -0.316. The van der Waals surface area contributed by atoms with Gasteiger partial charge in [0.1, 0.15) is 12.4 Å². The van der Waals surface area contributed by atoms with Crippen LogP contribution in [0.25, 0.3) is 10.8 Å². The molecule has 0 aliphatic carbocycles. The van der Waals surface area contributed by atoms with Gasteiger partial charge in [0.2, 0.25) is 5.91 Å². The predicted octanol–water partition coefficient (Wildman–Crippen LogP) is 5.89. The summed E-state index contributed by atoms with van der Waals surface area (Å²) >= 11 is 1.58. The normalized spacial score (nSPS) is 15.1. The summed E-state index contributed by atoms with van der Waals surface area (Å²) in [5, 5.41) is 4.01. The molecule has 1 unspecified atom stereocenters. The highest BCUT2D eigenvalue weighted by atomic mass is 32.1. The van der Waals surface area contributed by atoms with E-state index in [0.29, 0.717) is 31.8 Å². The third-order valence-corrected chi connectivity index (χ3v) is 7.49. The number of carbonyl (C=O) groups excluding carboxylic acids is 2. The lowest BCUT2D eigenvalue weighted by Crippen LogP contribution is -2.45. The number of thiophene rings is 1. The molecule has 1 aromatic heterocycles. The van der Waals surface area contributed by atoms with Crippen molar-refractivity contribution in [2.45, 2.75) is 32.0 Å². The van der Waals surface area contributed by atoms with E-state index in [0.717, 1.165) is 34.1 Å². The summed E-state index contributed by atoms with van der Waals surface area (Å²) in [7, 11) is 0. The average Bonchev–Trinajstić information content (AvgIpc) is 3.63. The second kappa shape index (κ2) is 11.7. The number of fused-ring (bicyclic) bond motifs is 1. The van der Waals surface area contributed by atoms with E-state index in [4.69, 9.17) is 4.74 Å². The largest absolute Gasteiger partial charge is 0.376 e. The van der Waals surface area contributed by atoms with E-state index in [1.165, 1.54) is 12.1 Å². The number of halogens is 1. The quantitative estimate of drug-likeness (QED) is 0.279. The summed E-state index contributed by atoms with van der Waals surface area (Å²) in [5.41, 5.74) is 1.38. The molecule has 0 radical (unpaired) electrons. The third-order valence-electron chi connectivity index (χ3n) is 6.62. The molecule has 0 N–H and O–H groups in total. The maximum absolute atomic E-state index is 13.7. The van der Waals surface area contributed by atoms with Crippen molar-refractivity contribution >= 4 is 33.9 Å². The van der Waals surface area contributed by atoms with Gasteiger partial charge in [0.05, 0.1) is 12.6 Å². The summed E-state index contributed by atoms with van der Waals surface area (Å²) < 4.78 is 19.3. The van der Waals surface area contributed by atoms with Crippen LogP contribution in [0.15, 0.2) is 84.2 Å². The Balaban J connectivity index is 1.39. The van der Waals surface area contributed by atoms with Gasteiger partial charge in [-0.1, -0.05) is 48.5 Å². The summed E-state index contributed by atoms with van der Waals surface area (Å²) in [6, 6.07) is 23.7. The molecule has 2 heterocycles. The Morgan fingerprint density at radius 3 is 2.46 bits per heavy atom. The second-order valence-electron chi connectivity index (χ2n) is 9.34. The molecule has 5 nitrogen and oxygen atoms in total. The lowest BCUT2D eigenvalue weighted by Gasteiger charge is -2.29. The van der Waals surface area contributed by atoms with Gasteiger partial charge in [-0.05, 0) is 64.9 Å². The number of amides is 2. The maximum atomic E-state index is 13.7. The second-order valence-corrected chi connectivity index (χ2v) is 10.4. The van der Waals surface area contributed by atoms with Crippen molar-refractivity contribution in [1.82, 2.24) is 9.80 Å². The molecule has 0 saturated carbocycles. The number of ether oxygens (including phenoxy) is 1. The first kappa shape index (κ1) is 25.1. The summed E-state index contributed by atoms with van der Waals surface area (Å²) in [6.07, 6.45) is 1.73. The average molecular weight is 517 g/mol. The van der Waals surface area contributed by atoms with Crippen LogP contribution in [-0.4, -0.2) is 47.4 Å². The standard InChI is InChI=1S/C30H29FN2O3S/c31-26-13-9-22(10-14-26)18-32(20-28-8-4-16-37-28)29(34)21-33(19-27-7-3-15-36-27)30(35)25-12-11-23-5-1-2-6-24(23)17-25/h1-2,4-6,8-14,16-17,27H,3,7,15,18-21H2. The van der Waals surface area contributed by atoms with Crippen molar-refractivity contribution in [3.63, 3.8) is 0 Å². The van der Waals surface area contributed by atoms with Crippen molar-refractivity contribution in [3.05, 3.63) is 106 Å². The van der Waals surface area contributed by atoms with Crippen molar-refractivity contribution in [2.24, 2.45) is 0 Å². The maximum Gasteiger partial charge on any atom is 0.254 e. The fourth-order valence-electron chi connectivity index (χ4n) is 4.65. The number of carbonyl (C=O) groups is 2. The van der Waals surface area contributed by atoms with Crippen molar-refractivity contribution in [1.29, 1.82) is 0 Å². The fourth-order valence-corrected chi connectivity index (χ4v) is 5.37. The van der Waals surface area contributed by atoms with Gasteiger partial charge in [0.15, 0.2) is 0 Å². The van der Waals surface area contributed by atoms with Gasteiger partial charge in [0.25, 0.3) is 5.91 Å². The highest BCUT2D eigenvalue weighted by Gasteiger charge is 2.27. The van der Waals surface area contributed by atoms with Gasteiger partial charge in [0, 0.05) is 30.1 Å². The van der Waals surface area contributed by atoms with Crippen molar-refractivity contribution < 1.29 is 18.7 Å². The Morgan fingerprint density at radius 2 is 1.73 bits per heavy atom. The monoisotopic (exact) mass is 516 g/mol. The van der Waals surface area contributed by atoms with Crippen LogP contribution in [0, 0.1) is 5.82 Å². The zero-order valence-electron chi connectivity index (χ0n) is 20.5. The van der Waals surface area contributed by atoms with Gasteiger partial charge < -0.3 is 14.5 Å². The third kappa shape index (κ3) is 6.42. The first-order valence-corrected chi connectivity index (χ1v) is 13.4.